The third kappa shape index (κ3) is 3.86. The normalized spacial score (nSPS) is 16.2. The van der Waals surface area contributed by atoms with Crippen molar-refractivity contribution in [3.63, 3.8) is 0 Å². The first-order chi connectivity index (χ1) is 11.6. The van der Waals surface area contributed by atoms with Gasteiger partial charge in [-0.15, -0.1) is 0 Å². The summed E-state index contributed by atoms with van der Waals surface area (Å²) in [5.41, 5.74) is 1.22. The third-order valence-electron chi connectivity index (χ3n) is 4.09. The molecule has 5 nitrogen and oxygen atoms in total. The molecule has 0 saturated heterocycles. The molecule has 0 aliphatic carbocycles. The van der Waals surface area contributed by atoms with Gasteiger partial charge in [0.15, 0.2) is 11.5 Å². The van der Waals surface area contributed by atoms with Crippen LogP contribution < -0.4 is 9.47 Å². The number of hydrogen-bond donors (Lipinski definition) is 1. The number of carboxylic acids is 1. The van der Waals surface area contributed by atoms with Gasteiger partial charge in [-0.1, -0.05) is 30.3 Å². The maximum atomic E-state index is 11.3. The number of carboxylic acid groups (broad SMARTS) is 1. The maximum Gasteiger partial charge on any atom is 0.335 e. The molecule has 1 heterocycles. The Balaban J connectivity index is 1.54. The van der Waals surface area contributed by atoms with E-state index in [1.807, 2.05) is 43.4 Å². The van der Waals surface area contributed by atoms with Gasteiger partial charge in [0, 0.05) is 13.1 Å². The van der Waals surface area contributed by atoms with E-state index in [2.05, 4.69) is 4.90 Å². The molecule has 1 N–H and O–H groups in total. The Hall–Kier alpha value is -2.53. The van der Waals surface area contributed by atoms with E-state index in [1.165, 1.54) is 0 Å². The summed E-state index contributed by atoms with van der Waals surface area (Å²) >= 11 is 0. The van der Waals surface area contributed by atoms with Crippen LogP contribution in [0.5, 0.6) is 11.5 Å². The number of ether oxygens (including phenoxy) is 2. The SMILES string of the molecule is CN(CCc1ccccc1C(=O)O)CC1COc2ccccc2O1. The average Bonchev–Trinajstić information content (AvgIpc) is 2.60. The van der Waals surface area contributed by atoms with Crippen molar-refractivity contribution in [2.75, 3.05) is 26.7 Å². The van der Waals surface area contributed by atoms with Crippen LogP contribution in [0, 0.1) is 0 Å². The molecule has 126 valence electrons. The zero-order valence-corrected chi connectivity index (χ0v) is 13.6. The second kappa shape index (κ2) is 7.36. The highest BCUT2D eigenvalue weighted by atomic mass is 16.6. The van der Waals surface area contributed by atoms with E-state index >= 15 is 0 Å². The Morgan fingerprint density at radius 3 is 2.67 bits per heavy atom. The van der Waals surface area contributed by atoms with Gasteiger partial charge in [0.25, 0.3) is 0 Å². The Morgan fingerprint density at radius 2 is 1.88 bits per heavy atom. The van der Waals surface area contributed by atoms with Gasteiger partial charge in [0.1, 0.15) is 12.7 Å². The van der Waals surface area contributed by atoms with Crippen LogP contribution in [-0.4, -0.2) is 48.8 Å². The predicted molar refractivity (Wildman–Crippen MR) is 91.0 cm³/mol. The van der Waals surface area contributed by atoms with E-state index in [4.69, 9.17) is 9.47 Å². The monoisotopic (exact) mass is 327 g/mol. The summed E-state index contributed by atoms with van der Waals surface area (Å²) in [6, 6.07) is 14.8. The van der Waals surface area contributed by atoms with Crippen molar-refractivity contribution < 1.29 is 19.4 Å². The average molecular weight is 327 g/mol. The zero-order chi connectivity index (χ0) is 16.9. The lowest BCUT2D eigenvalue weighted by Gasteiger charge is -2.29. The fourth-order valence-electron chi connectivity index (χ4n) is 2.85. The minimum atomic E-state index is -0.881. The quantitative estimate of drug-likeness (QED) is 0.884. The van der Waals surface area contributed by atoms with E-state index in [0.29, 0.717) is 18.6 Å². The summed E-state index contributed by atoms with van der Waals surface area (Å²) in [4.78, 5) is 13.4. The van der Waals surface area contributed by atoms with Crippen molar-refractivity contribution >= 4 is 5.97 Å². The van der Waals surface area contributed by atoms with Gasteiger partial charge < -0.3 is 19.5 Å². The van der Waals surface area contributed by atoms with E-state index in [9.17, 15) is 9.90 Å². The van der Waals surface area contributed by atoms with Crippen molar-refractivity contribution in [1.82, 2.24) is 4.90 Å². The Morgan fingerprint density at radius 1 is 1.17 bits per heavy atom. The molecule has 5 heteroatoms. The summed E-state index contributed by atoms with van der Waals surface area (Å²) in [6.07, 6.45) is 0.656. The molecule has 0 amide bonds. The number of aromatic carboxylic acids is 1. The number of nitrogens with zero attached hydrogens (tertiary/aromatic N) is 1. The molecule has 1 aliphatic rings. The molecular weight excluding hydrogens is 306 g/mol. The van der Waals surface area contributed by atoms with Crippen LogP contribution in [0.1, 0.15) is 15.9 Å². The molecule has 1 atom stereocenters. The third-order valence-corrected chi connectivity index (χ3v) is 4.09. The molecule has 2 aromatic carbocycles. The molecule has 0 radical (unpaired) electrons. The first kappa shape index (κ1) is 16.3. The van der Waals surface area contributed by atoms with Crippen LogP contribution in [-0.2, 0) is 6.42 Å². The van der Waals surface area contributed by atoms with Crippen molar-refractivity contribution in [2.45, 2.75) is 12.5 Å². The summed E-state index contributed by atoms with van der Waals surface area (Å²) in [6.45, 7) is 2.00. The minimum Gasteiger partial charge on any atom is -0.486 e. The van der Waals surface area contributed by atoms with Crippen molar-refractivity contribution in [3.8, 4) is 11.5 Å². The summed E-state index contributed by atoms with van der Waals surface area (Å²) < 4.78 is 11.7. The highest BCUT2D eigenvalue weighted by Gasteiger charge is 2.22. The lowest BCUT2D eigenvalue weighted by molar-refractivity contribution is 0.0654. The molecule has 0 aromatic heterocycles. The molecule has 0 fully saturated rings. The number of benzene rings is 2. The predicted octanol–water partition coefficient (Wildman–Crippen LogP) is 2.70. The lowest BCUT2D eigenvalue weighted by Crippen LogP contribution is -2.40. The number of carbonyl (C=O) groups is 1. The second-order valence-electron chi connectivity index (χ2n) is 5.97. The van der Waals surface area contributed by atoms with Crippen LogP contribution in [0.4, 0.5) is 0 Å². The number of hydrogen-bond acceptors (Lipinski definition) is 4. The second-order valence-corrected chi connectivity index (χ2v) is 5.97. The first-order valence-corrected chi connectivity index (χ1v) is 8.01. The number of para-hydroxylation sites is 2. The number of rotatable bonds is 6. The van der Waals surface area contributed by atoms with Gasteiger partial charge in [-0.05, 0) is 37.2 Å². The largest absolute Gasteiger partial charge is 0.486 e. The molecule has 2 aromatic rings. The fourth-order valence-corrected chi connectivity index (χ4v) is 2.85. The molecule has 1 unspecified atom stereocenters. The fraction of sp³-hybridized carbons (Fsp3) is 0.316. The first-order valence-electron chi connectivity index (χ1n) is 8.01. The molecule has 0 saturated carbocycles. The van der Waals surface area contributed by atoms with E-state index in [-0.39, 0.29) is 6.10 Å². The summed E-state index contributed by atoms with van der Waals surface area (Å²) in [5.74, 6) is 0.680. The van der Waals surface area contributed by atoms with Gasteiger partial charge in [-0.2, -0.15) is 0 Å². The standard InChI is InChI=1S/C19H21NO4/c1-20(11-10-14-6-2-3-7-16(14)19(21)22)12-15-13-23-17-8-4-5-9-18(17)24-15/h2-9,15H,10-13H2,1H3,(H,21,22). The van der Waals surface area contributed by atoms with Gasteiger partial charge in [0.05, 0.1) is 5.56 Å². The topological polar surface area (TPSA) is 59.0 Å². The smallest absolute Gasteiger partial charge is 0.335 e. The highest BCUT2D eigenvalue weighted by Crippen LogP contribution is 2.30. The van der Waals surface area contributed by atoms with Crippen LogP contribution >= 0.6 is 0 Å². The van der Waals surface area contributed by atoms with Crippen molar-refractivity contribution in [1.29, 1.82) is 0 Å². The summed E-state index contributed by atoms with van der Waals surface area (Å²) in [5, 5.41) is 9.23. The number of likely N-dealkylation sites (N-methyl/N-ethyl adjacent to an activating group) is 1. The molecule has 24 heavy (non-hydrogen) atoms. The van der Waals surface area contributed by atoms with E-state index < -0.39 is 5.97 Å². The Labute approximate surface area is 141 Å². The minimum absolute atomic E-state index is 0.0281. The van der Waals surface area contributed by atoms with Crippen LogP contribution in [0.25, 0.3) is 0 Å². The van der Waals surface area contributed by atoms with Gasteiger partial charge in [0.2, 0.25) is 0 Å². The van der Waals surface area contributed by atoms with Gasteiger partial charge >= 0.3 is 5.97 Å². The Bertz CT molecular complexity index is 716. The van der Waals surface area contributed by atoms with Crippen LogP contribution in [0.2, 0.25) is 0 Å². The number of fused-ring (bicyclic) bond motifs is 1. The van der Waals surface area contributed by atoms with Crippen molar-refractivity contribution in [2.24, 2.45) is 0 Å². The van der Waals surface area contributed by atoms with Gasteiger partial charge in [-0.25, -0.2) is 4.79 Å². The van der Waals surface area contributed by atoms with E-state index in [1.54, 1.807) is 12.1 Å². The summed E-state index contributed by atoms with van der Waals surface area (Å²) in [7, 11) is 2.01. The lowest BCUT2D eigenvalue weighted by atomic mass is 10.0. The van der Waals surface area contributed by atoms with Gasteiger partial charge in [-0.3, -0.25) is 0 Å². The van der Waals surface area contributed by atoms with Crippen LogP contribution in [0.3, 0.4) is 0 Å². The van der Waals surface area contributed by atoms with Crippen LogP contribution in [0.15, 0.2) is 48.5 Å². The van der Waals surface area contributed by atoms with E-state index in [0.717, 1.165) is 30.2 Å². The molecule has 0 spiro atoms. The van der Waals surface area contributed by atoms with Crippen molar-refractivity contribution in [3.05, 3.63) is 59.7 Å². The highest BCUT2D eigenvalue weighted by molar-refractivity contribution is 5.89. The zero-order valence-electron chi connectivity index (χ0n) is 13.6. The molecule has 3 rings (SSSR count). The maximum absolute atomic E-state index is 11.3. The molecule has 1 aliphatic heterocycles. The molecule has 0 bridgehead atoms. The Kier molecular flexibility index (Phi) is 5.01. The molecular formula is C19H21NO4.